The molecule has 0 radical (unpaired) electrons. The van der Waals surface area contributed by atoms with Crippen LogP contribution < -0.4 is 5.73 Å². The summed E-state index contributed by atoms with van der Waals surface area (Å²) in [5.74, 6) is -0.449. The minimum Gasteiger partial charge on any atom is -0.330 e. The van der Waals surface area contributed by atoms with Gasteiger partial charge in [0.1, 0.15) is 5.82 Å². The van der Waals surface area contributed by atoms with E-state index >= 15 is 0 Å². The third-order valence-electron chi connectivity index (χ3n) is 4.11. The van der Waals surface area contributed by atoms with Crippen LogP contribution in [-0.2, 0) is 15.3 Å². The molecule has 0 saturated heterocycles. The van der Waals surface area contributed by atoms with E-state index in [-0.39, 0.29) is 11.4 Å². The van der Waals surface area contributed by atoms with Crippen LogP contribution in [-0.4, -0.2) is 21.2 Å². The Labute approximate surface area is 113 Å². The molecule has 1 aliphatic carbocycles. The lowest BCUT2D eigenvalue weighted by Crippen LogP contribution is -2.39. The quantitative estimate of drug-likeness (QED) is 0.927. The molecule has 1 aromatic carbocycles. The van der Waals surface area contributed by atoms with Gasteiger partial charge in [0, 0.05) is 23.8 Å². The third-order valence-corrected chi connectivity index (χ3v) is 5.25. The first-order valence-corrected chi connectivity index (χ1v) is 8.49. The fraction of sp³-hybridized carbons (Fsp3) is 0.571. The zero-order chi connectivity index (χ0) is 14.1. The van der Waals surface area contributed by atoms with Gasteiger partial charge in [-0.2, -0.15) is 0 Å². The molecule has 2 N–H and O–H groups in total. The minimum atomic E-state index is -3.45. The number of hydrogen-bond acceptors (Lipinski definition) is 3. The number of hydrogen-bond donors (Lipinski definition) is 1. The van der Waals surface area contributed by atoms with Gasteiger partial charge < -0.3 is 5.73 Å². The van der Waals surface area contributed by atoms with E-state index in [0.29, 0.717) is 5.56 Å². The van der Waals surface area contributed by atoms with E-state index in [0.717, 1.165) is 38.4 Å². The highest BCUT2D eigenvalue weighted by atomic mass is 32.2. The standard InChI is InChI=1S/C14H20FNO2S/c1-19(17,18)12-7-5-6-11(15)13(12)14(10-16)8-3-2-4-9-14/h5-7H,2-4,8-10,16H2,1H3. The fourth-order valence-electron chi connectivity index (χ4n) is 3.11. The summed E-state index contributed by atoms with van der Waals surface area (Å²) in [5, 5.41) is 0. The van der Waals surface area contributed by atoms with Crippen LogP contribution in [0, 0.1) is 5.82 Å². The maximum atomic E-state index is 14.3. The van der Waals surface area contributed by atoms with E-state index in [1.165, 1.54) is 18.2 Å². The maximum absolute atomic E-state index is 14.3. The van der Waals surface area contributed by atoms with Gasteiger partial charge in [0.25, 0.3) is 0 Å². The molecule has 2 rings (SSSR count). The Bertz CT molecular complexity index is 563. The Hall–Kier alpha value is -0.940. The number of sulfone groups is 1. The van der Waals surface area contributed by atoms with E-state index in [1.54, 1.807) is 0 Å². The highest BCUT2D eigenvalue weighted by Crippen LogP contribution is 2.42. The van der Waals surface area contributed by atoms with Gasteiger partial charge in [0.15, 0.2) is 9.84 Å². The molecule has 0 heterocycles. The van der Waals surface area contributed by atoms with Crippen molar-refractivity contribution in [2.45, 2.75) is 42.4 Å². The molecule has 0 unspecified atom stereocenters. The SMILES string of the molecule is CS(=O)(=O)c1cccc(F)c1C1(CN)CCCCC1. The molecule has 0 aromatic heterocycles. The average Bonchev–Trinajstić information content (AvgIpc) is 2.38. The van der Waals surface area contributed by atoms with Crippen molar-refractivity contribution in [1.82, 2.24) is 0 Å². The van der Waals surface area contributed by atoms with Crippen LogP contribution >= 0.6 is 0 Å². The summed E-state index contributed by atoms with van der Waals surface area (Å²) in [4.78, 5) is 0.0971. The molecule has 1 aliphatic rings. The van der Waals surface area contributed by atoms with Crippen molar-refractivity contribution in [1.29, 1.82) is 0 Å². The van der Waals surface area contributed by atoms with Gasteiger partial charge in [-0.3, -0.25) is 0 Å². The van der Waals surface area contributed by atoms with Gasteiger partial charge in [-0.1, -0.05) is 25.3 Å². The summed E-state index contributed by atoms with van der Waals surface area (Å²) in [5.41, 5.74) is 5.67. The molecule has 1 saturated carbocycles. The summed E-state index contributed by atoms with van der Waals surface area (Å²) in [6, 6.07) is 4.26. The van der Waals surface area contributed by atoms with Crippen molar-refractivity contribution >= 4 is 9.84 Å². The molecule has 5 heteroatoms. The van der Waals surface area contributed by atoms with Crippen molar-refractivity contribution in [2.24, 2.45) is 5.73 Å². The van der Waals surface area contributed by atoms with Crippen LogP contribution in [0.15, 0.2) is 23.1 Å². The Morgan fingerprint density at radius 3 is 2.42 bits per heavy atom. The predicted molar refractivity (Wildman–Crippen MR) is 73.3 cm³/mol. The van der Waals surface area contributed by atoms with Gasteiger partial charge in [0.2, 0.25) is 0 Å². The second kappa shape index (κ2) is 5.21. The van der Waals surface area contributed by atoms with Crippen molar-refractivity contribution in [2.75, 3.05) is 12.8 Å². The summed E-state index contributed by atoms with van der Waals surface area (Å²) >= 11 is 0. The molecule has 0 spiro atoms. The molecule has 0 aliphatic heterocycles. The van der Waals surface area contributed by atoms with E-state index in [4.69, 9.17) is 5.73 Å². The van der Waals surface area contributed by atoms with E-state index in [1.807, 2.05) is 0 Å². The van der Waals surface area contributed by atoms with Crippen LogP contribution in [0.3, 0.4) is 0 Å². The summed E-state index contributed by atoms with van der Waals surface area (Å²) in [6.07, 6.45) is 5.67. The highest BCUT2D eigenvalue weighted by Gasteiger charge is 2.38. The highest BCUT2D eigenvalue weighted by molar-refractivity contribution is 7.90. The van der Waals surface area contributed by atoms with Gasteiger partial charge in [-0.15, -0.1) is 0 Å². The molecule has 19 heavy (non-hydrogen) atoms. The summed E-state index contributed by atoms with van der Waals surface area (Å²) in [6.45, 7) is 0.288. The molecule has 1 fully saturated rings. The van der Waals surface area contributed by atoms with Crippen molar-refractivity contribution in [3.63, 3.8) is 0 Å². The van der Waals surface area contributed by atoms with Crippen molar-refractivity contribution in [3.05, 3.63) is 29.6 Å². The average molecular weight is 285 g/mol. The summed E-state index contributed by atoms with van der Waals surface area (Å²) < 4.78 is 38.1. The first-order chi connectivity index (χ1) is 8.91. The lowest BCUT2D eigenvalue weighted by molar-refractivity contribution is 0.286. The minimum absolute atomic E-state index is 0.0971. The number of rotatable bonds is 3. The monoisotopic (exact) mass is 285 g/mol. The molecule has 1 aromatic rings. The van der Waals surface area contributed by atoms with E-state index < -0.39 is 21.1 Å². The van der Waals surface area contributed by atoms with Crippen LogP contribution in [0.1, 0.15) is 37.7 Å². The number of halogens is 1. The molecule has 106 valence electrons. The van der Waals surface area contributed by atoms with Gasteiger partial charge in [0.05, 0.1) is 4.90 Å². The second-order valence-electron chi connectivity index (χ2n) is 5.43. The normalized spacial score (nSPS) is 19.3. The lowest BCUT2D eigenvalue weighted by atomic mass is 9.69. The van der Waals surface area contributed by atoms with Gasteiger partial charge in [-0.25, -0.2) is 12.8 Å². The van der Waals surface area contributed by atoms with Gasteiger partial charge >= 0.3 is 0 Å². The maximum Gasteiger partial charge on any atom is 0.175 e. The Balaban J connectivity index is 2.66. The molecule has 0 amide bonds. The van der Waals surface area contributed by atoms with Gasteiger partial charge in [-0.05, 0) is 25.0 Å². The molecular weight excluding hydrogens is 265 g/mol. The van der Waals surface area contributed by atoms with E-state index in [2.05, 4.69) is 0 Å². The van der Waals surface area contributed by atoms with Crippen LogP contribution in [0.5, 0.6) is 0 Å². The molecule has 0 bridgehead atoms. The predicted octanol–water partition coefficient (Wildman–Crippen LogP) is 2.39. The third kappa shape index (κ3) is 2.67. The lowest BCUT2D eigenvalue weighted by Gasteiger charge is -2.38. The van der Waals surface area contributed by atoms with Crippen LogP contribution in [0.2, 0.25) is 0 Å². The van der Waals surface area contributed by atoms with Crippen molar-refractivity contribution < 1.29 is 12.8 Å². The smallest absolute Gasteiger partial charge is 0.175 e. The Morgan fingerprint density at radius 2 is 1.89 bits per heavy atom. The Morgan fingerprint density at radius 1 is 1.26 bits per heavy atom. The van der Waals surface area contributed by atoms with E-state index in [9.17, 15) is 12.8 Å². The largest absolute Gasteiger partial charge is 0.330 e. The van der Waals surface area contributed by atoms with Crippen molar-refractivity contribution in [3.8, 4) is 0 Å². The summed E-state index contributed by atoms with van der Waals surface area (Å²) in [7, 11) is -3.45. The molecule has 0 atom stereocenters. The fourth-order valence-corrected chi connectivity index (χ4v) is 4.12. The van der Waals surface area contributed by atoms with Crippen LogP contribution in [0.25, 0.3) is 0 Å². The second-order valence-corrected chi connectivity index (χ2v) is 7.41. The number of nitrogens with two attached hydrogens (primary N) is 1. The zero-order valence-electron chi connectivity index (χ0n) is 11.2. The van der Waals surface area contributed by atoms with Crippen LogP contribution in [0.4, 0.5) is 4.39 Å². The molecule has 3 nitrogen and oxygen atoms in total. The number of benzene rings is 1. The molecular formula is C14H20FNO2S. The zero-order valence-corrected chi connectivity index (χ0v) is 12.0. The topological polar surface area (TPSA) is 60.2 Å². The first-order valence-electron chi connectivity index (χ1n) is 6.60. The first kappa shape index (κ1) is 14.5. The Kier molecular flexibility index (Phi) is 3.97.